The van der Waals surface area contributed by atoms with Crippen molar-refractivity contribution in [1.82, 2.24) is 0 Å². The van der Waals surface area contributed by atoms with Crippen LogP contribution in [0.2, 0.25) is 0 Å². The van der Waals surface area contributed by atoms with E-state index in [0.29, 0.717) is 30.1 Å². The minimum atomic E-state index is -3.06. The van der Waals surface area contributed by atoms with Gasteiger partial charge in [0.05, 0.1) is 17.9 Å². The van der Waals surface area contributed by atoms with Gasteiger partial charge in [0.2, 0.25) is 0 Å². The normalized spacial score (nSPS) is 12.6. The summed E-state index contributed by atoms with van der Waals surface area (Å²) in [5.74, 6) is 1.01. The average Bonchev–Trinajstić information content (AvgIpc) is 2.41. The Morgan fingerprint density at radius 1 is 1.30 bits per heavy atom. The molecule has 1 aromatic rings. The van der Waals surface area contributed by atoms with Gasteiger partial charge in [-0.1, -0.05) is 12.1 Å². The Bertz CT molecular complexity index is 605. The molecule has 0 bridgehead atoms. The fourth-order valence-electron chi connectivity index (χ4n) is 1.43. The molecule has 0 fully saturated rings. The van der Waals surface area contributed by atoms with Crippen LogP contribution in [0.5, 0.6) is 5.75 Å². The second-order valence-electron chi connectivity index (χ2n) is 4.29. The summed E-state index contributed by atoms with van der Waals surface area (Å²) < 4.78 is 38.9. The average molecular weight is 315 g/mol. The predicted octanol–water partition coefficient (Wildman–Crippen LogP) is 1.12. The number of para-hydroxylation sites is 1. The third kappa shape index (κ3) is 6.68. The number of ether oxygens (including phenoxy) is 1. The molecule has 0 aliphatic rings. The Kier molecular flexibility index (Phi) is 6.68. The number of hydrogen-bond donors (Lipinski definition) is 0. The first kappa shape index (κ1) is 16.7. The minimum Gasteiger partial charge on any atom is -0.492 e. The summed E-state index contributed by atoms with van der Waals surface area (Å²) in [6, 6.07) is 8.94. The van der Waals surface area contributed by atoms with Crippen molar-refractivity contribution in [2.75, 3.05) is 30.1 Å². The van der Waals surface area contributed by atoms with Gasteiger partial charge in [0.25, 0.3) is 0 Å². The Morgan fingerprint density at radius 3 is 2.65 bits per heavy atom. The van der Waals surface area contributed by atoms with Gasteiger partial charge in [0, 0.05) is 28.6 Å². The first-order valence-corrected chi connectivity index (χ1v) is 9.62. The van der Waals surface area contributed by atoms with E-state index in [4.69, 9.17) is 10.00 Å². The van der Waals surface area contributed by atoms with Crippen LogP contribution in [0.4, 0.5) is 0 Å². The zero-order valence-corrected chi connectivity index (χ0v) is 12.9. The topological polar surface area (TPSA) is 84.2 Å². The molecule has 1 unspecified atom stereocenters. The van der Waals surface area contributed by atoms with Crippen LogP contribution in [0.1, 0.15) is 12.0 Å². The number of benzene rings is 1. The molecule has 1 atom stereocenters. The molecule has 7 heteroatoms. The highest BCUT2D eigenvalue weighted by atomic mass is 32.2. The van der Waals surface area contributed by atoms with E-state index in [1.165, 1.54) is 0 Å². The maximum Gasteiger partial charge on any atom is 0.148 e. The molecular formula is C13H17NO4S2. The van der Waals surface area contributed by atoms with Crippen LogP contribution in [0.25, 0.3) is 0 Å². The van der Waals surface area contributed by atoms with Gasteiger partial charge < -0.3 is 4.74 Å². The van der Waals surface area contributed by atoms with E-state index in [9.17, 15) is 12.6 Å². The van der Waals surface area contributed by atoms with Crippen molar-refractivity contribution in [1.29, 1.82) is 5.26 Å². The van der Waals surface area contributed by atoms with Crippen LogP contribution in [-0.2, 0) is 20.6 Å². The smallest absolute Gasteiger partial charge is 0.148 e. The van der Waals surface area contributed by atoms with E-state index in [1.54, 1.807) is 24.3 Å². The lowest BCUT2D eigenvalue weighted by molar-refractivity contribution is 0.317. The summed E-state index contributed by atoms with van der Waals surface area (Å²) in [6.07, 6.45) is 1.68. The molecule has 1 aromatic carbocycles. The van der Waals surface area contributed by atoms with Crippen molar-refractivity contribution in [2.45, 2.75) is 6.42 Å². The van der Waals surface area contributed by atoms with E-state index >= 15 is 0 Å². The van der Waals surface area contributed by atoms with Crippen molar-refractivity contribution >= 4 is 20.6 Å². The summed E-state index contributed by atoms with van der Waals surface area (Å²) in [5, 5.41) is 8.87. The third-order valence-corrected chi connectivity index (χ3v) is 5.07. The molecule has 0 spiro atoms. The zero-order chi connectivity index (χ0) is 15.0. The number of nitriles is 1. The molecule has 0 saturated heterocycles. The van der Waals surface area contributed by atoms with Crippen molar-refractivity contribution < 1.29 is 17.4 Å². The maximum absolute atomic E-state index is 11.6. The lowest BCUT2D eigenvalue weighted by Crippen LogP contribution is -2.14. The predicted molar refractivity (Wildman–Crippen MR) is 78.9 cm³/mol. The monoisotopic (exact) mass is 315 g/mol. The van der Waals surface area contributed by atoms with Crippen LogP contribution in [-0.4, -0.2) is 42.7 Å². The van der Waals surface area contributed by atoms with E-state index in [0.717, 1.165) is 6.26 Å². The quantitative estimate of drug-likeness (QED) is 0.671. The fraction of sp³-hybridized carbons (Fsp3) is 0.462. The van der Waals surface area contributed by atoms with Crippen molar-refractivity contribution in [3.63, 3.8) is 0 Å². The highest BCUT2D eigenvalue weighted by Gasteiger charge is 2.07. The van der Waals surface area contributed by atoms with Gasteiger partial charge in [-0.05, 0) is 18.6 Å². The van der Waals surface area contributed by atoms with Gasteiger partial charge in [-0.15, -0.1) is 0 Å². The van der Waals surface area contributed by atoms with Gasteiger partial charge in [-0.3, -0.25) is 4.21 Å². The number of hydrogen-bond acceptors (Lipinski definition) is 5. The number of sulfone groups is 1. The summed E-state index contributed by atoms with van der Waals surface area (Å²) in [7, 11) is -4.22. The van der Waals surface area contributed by atoms with Crippen LogP contribution in [0.3, 0.4) is 0 Å². The number of rotatable bonds is 8. The SMILES string of the molecule is CS(=O)(=O)CCS(=O)CCCOc1ccccc1C#N. The van der Waals surface area contributed by atoms with Crippen molar-refractivity contribution in [2.24, 2.45) is 0 Å². The van der Waals surface area contributed by atoms with Crippen molar-refractivity contribution in [3.05, 3.63) is 29.8 Å². The molecule has 0 saturated carbocycles. The lowest BCUT2D eigenvalue weighted by Gasteiger charge is -2.07. The summed E-state index contributed by atoms with van der Waals surface area (Å²) in [6.45, 7) is 0.351. The maximum atomic E-state index is 11.6. The molecular weight excluding hydrogens is 298 g/mol. The van der Waals surface area contributed by atoms with Gasteiger partial charge in [0.1, 0.15) is 21.7 Å². The molecule has 5 nitrogen and oxygen atoms in total. The second kappa shape index (κ2) is 8.02. The largest absolute Gasteiger partial charge is 0.492 e. The van der Waals surface area contributed by atoms with Crippen LogP contribution in [0, 0.1) is 11.3 Å². The van der Waals surface area contributed by atoms with E-state index < -0.39 is 20.6 Å². The Balaban J connectivity index is 2.29. The van der Waals surface area contributed by atoms with Gasteiger partial charge in [-0.2, -0.15) is 5.26 Å². The summed E-state index contributed by atoms with van der Waals surface area (Å²) in [4.78, 5) is 0. The molecule has 1 rings (SSSR count). The Hall–Kier alpha value is -1.39. The number of nitrogens with zero attached hydrogens (tertiary/aromatic N) is 1. The van der Waals surface area contributed by atoms with Gasteiger partial charge >= 0.3 is 0 Å². The highest BCUT2D eigenvalue weighted by Crippen LogP contribution is 2.16. The molecule has 0 aromatic heterocycles. The first-order chi connectivity index (χ1) is 9.42. The highest BCUT2D eigenvalue weighted by molar-refractivity contribution is 7.92. The molecule has 0 amide bonds. The molecule has 20 heavy (non-hydrogen) atoms. The molecule has 0 heterocycles. The molecule has 0 aliphatic heterocycles. The molecule has 110 valence electrons. The van der Waals surface area contributed by atoms with E-state index in [2.05, 4.69) is 0 Å². The first-order valence-electron chi connectivity index (χ1n) is 6.07. The Labute approximate surface area is 121 Å². The second-order valence-corrected chi connectivity index (χ2v) is 8.24. The molecule has 0 radical (unpaired) electrons. The van der Waals surface area contributed by atoms with Crippen LogP contribution >= 0.6 is 0 Å². The standard InChI is InChI=1S/C13H17NO4S2/c1-20(16,17)10-9-19(15)8-4-7-18-13-6-3-2-5-12(13)11-14/h2-3,5-6H,4,7-10H2,1H3. The zero-order valence-electron chi connectivity index (χ0n) is 11.2. The fourth-order valence-corrected chi connectivity index (χ4v) is 4.03. The molecule has 0 N–H and O–H groups in total. The van der Waals surface area contributed by atoms with E-state index in [-0.39, 0.29) is 11.5 Å². The Morgan fingerprint density at radius 2 is 2.00 bits per heavy atom. The minimum absolute atomic E-state index is 0.0578. The lowest BCUT2D eigenvalue weighted by atomic mass is 10.2. The molecule has 0 aliphatic carbocycles. The summed E-state index contributed by atoms with van der Waals surface area (Å²) in [5.41, 5.74) is 0.464. The van der Waals surface area contributed by atoms with Crippen LogP contribution < -0.4 is 4.74 Å². The third-order valence-electron chi connectivity index (χ3n) is 2.46. The summed E-state index contributed by atoms with van der Waals surface area (Å²) >= 11 is 0. The van der Waals surface area contributed by atoms with Gasteiger partial charge in [0.15, 0.2) is 0 Å². The van der Waals surface area contributed by atoms with Crippen LogP contribution in [0.15, 0.2) is 24.3 Å². The van der Waals surface area contributed by atoms with Crippen molar-refractivity contribution in [3.8, 4) is 11.8 Å². The van der Waals surface area contributed by atoms with Gasteiger partial charge in [-0.25, -0.2) is 8.42 Å². The van der Waals surface area contributed by atoms with E-state index in [1.807, 2.05) is 6.07 Å².